The minimum Gasteiger partial charge on any atom is -0.456 e. The van der Waals surface area contributed by atoms with Gasteiger partial charge in [-0.05, 0) is 11.6 Å². The maximum atomic E-state index is 5.19. The van der Waals surface area contributed by atoms with Crippen LogP contribution in [0.4, 0.5) is 0 Å². The summed E-state index contributed by atoms with van der Waals surface area (Å²) < 4.78 is 5.23. The smallest absolute Gasteiger partial charge is 0.230 e. The van der Waals surface area contributed by atoms with Gasteiger partial charge in [-0.3, -0.25) is 0 Å². The van der Waals surface area contributed by atoms with E-state index in [0.29, 0.717) is 0 Å². The molecule has 0 fully saturated rings. The molecular formula is C5H7OSi4. The molecule has 0 bridgehead atoms. The van der Waals surface area contributed by atoms with E-state index >= 15 is 0 Å². The van der Waals surface area contributed by atoms with Crippen LogP contribution in [0.25, 0.3) is 0 Å². The summed E-state index contributed by atoms with van der Waals surface area (Å²) in [5.74, 6) is 0. The van der Waals surface area contributed by atoms with Crippen LogP contribution < -0.4 is 0 Å². The second-order valence-corrected chi connectivity index (χ2v) is 10.1. The van der Waals surface area contributed by atoms with E-state index in [-0.39, 0.29) is 4.66 Å². The van der Waals surface area contributed by atoms with E-state index in [1.54, 1.807) is 0 Å². The minimum absolute atomic E-state index is 0.0334. The maximum absolute atomic E-state index is 5.19. The van der Waals surface area contributed by atoms with Crippen LogP contribution in [-0.4, -0.2) is 38.3 Å². The third kappa shape index (κ3) is 0.883. The SMILES string of the molecule is CC1=C[Si@@]([Si])(O[Si])[C@@]1(C)[Si]. The predicted octanol–water partition coefficient (Wildman–Crippen LogP) is 0.0826. The van der Waals surface area contributed by atoms with Gasteiger partial charge < -0.3 is 4.12 Å². The Bertz CT molecular complexity index is 188. The molecule has 0 aromatic rings. The molecule has 0 saturated heterocycles. The molecule has 0 saturated carbocycles. The van der Waals surface area contributed by atoms with E-state index < -0.39 is 7.83 Å². The van der Waals surface area contributed by atoms with Crippen molar-refractivity contribution in [1.29, 1.82) is 0 Å². The van der Waals surface area contributed by atoms with Crippen molar-refractivity contribution in [2.75, 3.05) is 0 Å². The van der Waals surface area contributed by atoms with Gasteiger partial charge in [-0.1, -0.05) is 18.2 Å². The quantitative estimate of drug-likeness (QED) is 0.539. The normalized spacial score (nSPS) is 46.3. The molecule has 1 rings (SSSR count). The topological polar surface area (TPSA) is 9.23 Å². The Morgan fingerprint density at radius 1 is 1.70 bits per heavy atom. The van der Waals surface area contributed by atoms with Gasteiger partial charge in [-0.15, -0.1) is 0 Å². The highest BCUT2D eigenvalue weighted by Crippen LogP contribution is 2.48. The van der Waals surface area contributed by atoms with E-state index in [2.05, 4.69) is 50.0 Å². The summed E-state index contributed by atoms with van der Waals surface area (Å²) in [4.78, 5) is 0. The molecule has 0 unspecified atom stereocenters. The van der Waals surface area contributed by atoms with E-state index in [1.165, 1.54) is 5.57 Å². The van der Waals surface area contributed by atoms with Crippen molar-refractivity contribution in [3.63, 3.8) is 0 Å². The molecule has 0 N–H and O–H groups in total. The zero-order valence-electron chi connectivity index (χ0n) is 5.99. The van der Waals surface area contributed by atoms with Gasteiger partial charge in [0.05, 0.1) is 9.76 Å². The zero-order valence-corrected chi connectivity index (χ0v) is 9.99. The molecule has 0 amide bonds. The summed E-state index contributed by atoms with van der Waals surface area (Å²) in [6, 6.07) is 0. The zero-order chi connectivity index (χ0) is 7.99. The first kappa shape index (κ1) is 8.66. The molecule has 1 aliphatic rings. The van der Waals surface area contributed by atoms with Gasteiger partial charge in [0.25, 0.3) is 0 Å². The van der Waals surface area contributed by atoms with Gasteiger partial charge in [0, 0.05) is 10.2 Å². The Morgan fingerprint density at radius 3 is 2.30 bits per heavy atom. The molecule has 10 heavy (non-hydrogen) atoms. The van der Waals surface area contributed by atoms with Crippen LogP contribution in [0, 0.1) is 0 Å². The van der Waals surface area contributed by atoms with Crippen LogP contribution >= 0.6 is 0 Å². The predicted molar refractivity (Wildman–Crippen MR) is 46.2 cm³/mol. The summed E-state index contributed by atoms with van der Waals surface area (Å²) in [5.41, 5.74) is 3.47. The fraction of sp³-hybridized carbons (Fsp3) is 0.600. The van der Waals surface area contributed by atoms with Crippen LogP contribution in [0.2, 0.25) is 4.66 Å². The first-order valence-corrected chi connectivity index (χ1v) is 7.38. The van der Waals surface area contributed by atoms with Crippen LogP contribution in [0.15, 0.2) is 11.3 Å². The first-order chi connectivity index (χ1) is 4.44. The Hall–Kier alpha value is 0.568. The van der Waals surface area contributed by atoms with Crippen molar-refractivity contribution < 1.29 is 4.12 Å². The highest BCUT2D eigenvalue weighted by atomic mass is 29.2. The van der Waals surface area contributed by atoms with Gasteiger partial charge >= 0.3 is 0 Å². The lowest BCUT2D eigenvalue weighted by atomic mass is 10.2. The second-order valence-electron chi connectivity index (χ2n) is 2.79. The Morgan fingerprint density at radius 2 is 2.20 bits per heavy atom. The number of allylic oxidation sites excluding steroid dienone is 1. The van der Waals surface area contributed by atoms with Gasteiger partial charge in [-0.25, -0.2) is 0 Å². The fourth-order valence-corrected chi connectivity index (χ4v) is 5.74. The molecule has 5 heteroatoms. The Balaban J connectivity index is 2.90. The van der Waals surface area contributed by atoms with Crippen molar-refractivity contribution in [2.45, 2.75) is 18.5 Å². The van der Waals surface area contributed by atoms with Crippen molar-refractivity contribution in [2.24, 2.45) is 0 Å². The molecule has 1 nitrogen and oxygen atoms in total. The monoisotopic (exact) mass is 195 g/mol. The van der Waals surface area contributed by atoms with Crippen LogP contribution in [0.5, 0.6) is 0 Å². The van der Waals surface area contributed by atoms with Gasteiger partial charge in [0.15, 0.2) is 7.83 Å². The molecule has 0 aromatic heterocycles. The Kier molecular flexibility index (Phi) is 1.97. The standard InChI is InChI=1S/C5H7OSi4/c1-4-3-10(9,6-8)5(4,2)7/h3H,1-2H3/t5-,10+/m1/s1. The highest BCUT2D eigenvalue weighted by Gasteiger charge is 2.50. The van der Waals surface area contributed by atoms with Gasteiger partial charge in [0.1, 0.15) is 0 Å². The molecule has 49 valence electrons. The first-order valence-electron chi connectivity index (χ1n) is 2.99. The molecule has 2 atom stereocenters. The second kappa shape index (κ2) is 2.28. The lowest BCUT2D eigenvalue weighted by Gasteiger charge is -2.48. The largest absolute Gasteiger partial charge is 0.456 e. The third-order valence-electron chi connectivity index (χ3n) is 2.11. The molecule has 1 aliphatic heterocycles. The van der Waals surface area contributed by atoms with Crippen molar-refractivity contribution in [1.82, 2.24) is 0 Å². The minimum atomic E-state index is -1.79. The van der Waals surface area contributed by atoms with Crippen LogP contribution in [0.1, 0.15) is 13.8 Å². The van der Waals surface area contributed by atoms with E-state index in [0.717, 1.165) is 0 Å². The van der Waals surface area contributed by atoms with Crippen LogP contribution in [0.3, 0.4) is 0 Å². The molecular weight excluding hydrogens is 188 g/mol. The van der Waals surface area contributed by atoms with Gasteiger partial charge in [0.2, 0.25) is 10.5 Å². The van der Waals surface area contributed by atoms with Crippen molar-refractivity contribution in [3.05, 3.63) is 11.3 Å². The average molecular weight is 195 g/mol. The van der Waals surface area contributed by atoms with Crippen molar-refractivity contribution in [3.8, 4) is 0 Å². The summed E-state index contributed by atoms with van der Waals surface area (Å²) >= 11 is 0. The molecule has 0 spiro atoms. The molecule has 0 aliphatic carbocycles. The lowest BCUT2D eigenvalue weighted by Crippen LogP contribution is -2.56. The molecule has 1 heterocycles. The summed E-state index contributed by atoms with van der Waals surface area (Å²) in [6.45, 7) is 4.20. The molecule has 9 radical (unpaired) electrons. The Labute approximate surface area is 72.5 Å². The number of hydrogen-bond acceptors (Lipinski definition) is 1. The summed E-state index contributed by atoms with van der Waals surface area (Å²) in [5, 5.41) is 0. The lowest BCUT2D eigenvalue weighted by molar-refractivity contribution is 0.589. The maximum Gasteiger partial charge on any atom is 0.230 e. The van der Waals surface area contributed by atoms with Crippen LogP contribution in [-0.2, 0) is 4.12 Å². The fourth-order valence-electron chi connectivity index (χ4n) is 0.940. The third-order valence-corrected chi connectivity index (χ3v) is 11.2. The van der Waals surface area contributed by atoms with E-state index in [9.17, 15) is 0 Å². The van der Waals surface area contributed by atoms with E-state index in [1.807, 2.05) is 0 Å². The molecule has 0 aromatic carbocycles. The van der Waals surface area contributed by atoms with E-state index in [4.69, 9.17) is 4.12 Å². The summed E-state index contributed by atoms with van der Waals surface area (Å²) in [7, 11) is 8.56. The summed E-state index contributed by atoms with van der Waals surface area (Å²) in [6.07, 6.45) is 0. The number of rotatable bonds is 1. The highest BCUT2D eigenvalue weighted by molar-refractivity contribution is 7.23. The van der Waals surface area contributed by atoms with Gasteiger partial charge in [-0.2, -0.15) is 0 Å². The average Bonchev–Trinajstić information content (AvgIpc) is 1.88. The van der Waals surface area contributed by atoms with Crippen molar-refractivity contribution >= 4 is 38.3 Å². The number of hydrogen-bond donors (Lipinski definition) is 0.